The smallest absolute Gasteiger partial charge is 0.408 e. The van der Waals surface area contributed by atoms with Crippen LogP contribution in [0.2, 0.25) is 0 Å². The monoisotopic (exact) mass is 269 g/mol. The Hall–Kier alpha value is -1.32. The van der Waals surface area contributed by atoms with E-state index in [1.165, 1.54) is 11.8 Å². The van der Waals surface area contributed by atoms with Crippen LogP contribution in [0, 0.1) is 11.8 Å². The van der Waals surface area contributed by atoms with Gasteiger partial charge in [0.2, 0.25) is 0 Å². The fourth-order valence-electron chi connectivity index (χ4n) is 2.42. The van der Waals surface area contributed by atoms with Crippen LogP contribution in [0.3, 0.4) is 0 Å². The number of carbonyl (C=O) groups excluding carboxylic acids is 1. The predicted octanol–water partition coefficient (Wildman–Crippen LogP) is 3.57. The average Bonchev–Trinajstić information content (AvgIpc) is 2.13. The fourth-order valence-corrected chi connectivity index (χ4v) is 2.42. The lowest BCUT2D eigenvalue weighted by molar-refractivity contribution is -0.121. The third-order valence-electron chi connectivity index (χ3n) is 3.11. The molecule has 0 aromatic heterocycles. The first-order valence-corrected chi connectivity index (χ1v) is 6.67. The number of carbonyl (C=O) groups is 2. The number of ketones is 1. The van der Waals surface area contributed by atoms with Gasteiger partial charge >= 0.3 is 6.09 Å². The summed E-state index contributed by atoms with van der Waals surface area (Å²) in [5.74, 6) is -0.204. The van der Waals surface area contributed by atoms with Crippen LogP contribution in [0.1, 0.15) is 48.0 Å². The summed E-state index contributed by atoms with van der Waals surface area (Å²) < 4.78 is 0. The topological polar surface area (TPSA) is 57.6 Å². The van der Waals surface area contributed by atoms with Crippen molar-refractivity contribution < 1.29 is 14.7 Å². The van der Waals surface area contributed by atoms with Crippen molar-refractivity contribution >= 4 is 11.9 Å². The Balaban J connectivity index is 5.59. The molecule has 0 bridgehead atoms. The molecule has 0 saturated heterocycles. The molecule has 0 unspecified atom stereocenters. The first-order valence-electron chi connectivity index (χ1n) is 6.67. The minimum absolute atomic E-state index is 0.0452. The van der Waals surface area contributed by atoms with E-state index < -0.39 is 17.6 Å². The van der Waals surface area contributed by atoms with Crippen molar-refractivity contribution in [2.75, 3.05) is 0 Å². The Labute approximate surface area is 116 Å². The zero-order valence-electron chi connectivity index (χ0n) is 12.9. The lowest BCUT2D eigenvalue weighted by Gasteiger charge is -2.42. The first-order chi connectivity index (χ1) is 8.52. The van der Waals surface area contributed by atoms with Crippen molar-refractivity contribution in [2.24, 2.45) is 11.8 Å². The van der Waals surface area contributed by atoms with Crippen molar-refractivity contribution in [3.05, 3.63) is 12.7 Å². The van der Waals surface area contributed by atoms with Crippen LogP contribution >= 0.6 is 0 Å². The van der Waals surface area contributed by atoms with E-state index in [2.05, 4.69) is 6.58 Å². The highest BCUT2D eigenvalue weighted by Crippen LogP contribution is 2.28. The minimum atomic E-state index is -0.994. The van der Waals surface area contributed by atoms with Gasteiger partial charge in [-0.05, 0) is 40.0 Å². The summed E-state index contributed by atoms with van der Waals surface area (Å²) >= 11 is 0. The molecule has 1 amide bonds. The molecule has 2 atom stereocenters. The van der Waals surface area contributed by atoms with E-state index in [4.69, 9.17) is 0 Å². The molecule has 110 valence electrons. The van der Waals surface area contributed by atoms with Crippen LogP contribution in [0.4, 0.5) is 4.79 Å². The van der Waals surface area contributed by atoms with Gasteiger partial charge in [0.1, 0.15) is 5.78 Å². The Morgan fingerprint density at radius 2 is 1.79 bits per heavy atom. The molecule has 19 heavy (non-hydrogen) atoms. The number of hydrogen-bond donors (Lipinski definition) is 1. The molecular formula is C15H27NO3. The van der Waals surface area contributed by atoms with Crippen molar-refractivity contribution in [1.29, 1.82) is 0 Å². The van der Waals surface area contributed by atoms with Crippen molar-refractivity contribution in [1.82, 2.24) is 4.90 Å². The second-order valence-corrected chi connectivity index (χ2v) is 6.39. The van der Waals surface area contributed by atoms with Gasteiger partial charge in [-0.2, -0.15) is 0 Å². The number of nitrogens with zero attached hydrogens (tertiary/aromatic N) is 1. The van der Waals surface area contributed by atoms with Crippen molar-refractivity contribution in [3.63, 3.8) is 0 Å². The molecule has 0 aliphatic heterocycles. The summed E-state index contributed by atoms with van der Waals surface area (Å²) in [6.07, 6.45) is 1.21. The van der Waals surface area contributed by atoms with Gasteiger partial charge in [-0.25, -0.2) is 4.79 Å². The molecule has 4 heteroatoms. The Morgan fingerprint density at radius 3 is 2.00 bits per heavy atom. The quantitative estimate of drug-likeness (QED) is 0.750. The molecule has 0 spiro atoms. The molecule has 0 heterocycles. The molecule has 0 radical (unpaired) electrons. The predicted molar refractivity (Wildman–Crippen MR) is 77.2 cm³/mol. The number of amides is 1. The van der Waals surface area contributed by atoms with Gasteiger partial charge in [0, 0.05) is 11.6 Å². The number of rotatable bonds is 6. The lowest BCUT2D eigenvalue weighted by Crippen LogP contribution is -2.55. The van der Waals surface area contributed by atoms with Gasteiger partial charge < -0.3 is 5.11 Å². The average molecular weight is 269 g/mol. The highest BCUT2D eigenvalue weighted by atomic mass is 16.4. The maximum absolute atomic E-state index is 11.8. The summed E-state index contributed by atoms with van der Waals surface area (Å²) in [5.41, 5.74) is -0.553. The van der Waals surface area contributed by atoms with Crippen LogP contribution < -0.4 is 0 Å². The summed E-state index contributed by atoms with van der Waals surface area (Å²) in [4.78, 5) is 24.7. The Morgan fingerprint density at radius 1 is 1.32 bits per heavy atom. The molecule has 0 aliphatic carbocycles. The van der Waals surface area contributed by atoms with E-state index in [0.717, 1.165) is 0 Å². The van der Waals surface area contributed by atoms with Crippen LogP contribution in [-0.2, 0) is 4.79 Å². The molecule has 0 aliphatic rings. The largest absolute Gasteiger partial charge is 0.465 e. The molecular weight excluding hydrogens is 242 g/mol. The van der Waals surface area contributed by atoms with E-state index in [1.54, 1.807) is 6.08 Å². The molecule has 0 saturated carbocycles. The number of carboxylic acid groups (broad SMARTS) is 1. The number of hydrogen-bond acceptors (Lipinski definition) is 2. The number of Topliss-reactive ketones (excluding diaryl/α,β-unsaturated/α-hetero) is 1. The van der Waals surface area contributed by atoms with Crippen molar-refractivity contribution in [3.8, 4) is 0 Å². The van der Waals surface area contributed by atoms with Crippen molar-refractivity contribution in [2.45, 2.75) is 59.5 Å². The second-order valence-electron chi connectivity index (χ2n) is 6.39. The van der Waals surface area contributed by atoms with Gasteiger partial charge in [0.05, 0.1) is 5.92 Å². The van der Waals surface area contributed by atoms with Crippen LogP contribution in [0.15, 0.2) is 12.7 Å². The van der Waals surface area contributed by atoms with E-state index >= 15 is 0 Å². The molecule has 4 nitrogen and oxygen atoms in total. The highest BCUT2D eigenvalue weighted by Gasteiger charge is 2.38. The molecule has 0 rings (SSSR count). The summed E-state index contributed by atoms with van der Waals surface area (Å²) in [7, 11) is 0. The van der Waals surface area contributed by atoms with Gasteiger partial charge in [0.25, 0.3) is 0 Å². The maximum atomic E-state index is 11.8. The standard InChI is InChI=1S/C15H27NO3/c1-8-12(11(4)17)13(9-10(2)3)16(14(18)19)15(5,6)7/h8,10,12-13H,1,9H2,2-7H3,(H,18,19)/t12-,13+/m1/s1. The van der Waals surface area contributed by atoms with E-state index in [9.17, 15) is 14.7 Å². The van der Waals surface area contributed by atoms with E-state index in [1.807, 2.05) is 34.6 Å². The zero-order chi connectivity index (χ0) is 15.4. The fraction of sp³-hybridized carbons (Fsp3) is 0.733. The van der Waals surface area contributed by atoms with E-state index in [-0.39, 0.29) is 11.8 Å². The van der Waals surface area contributed by atoms with Crippen LogP contribution in [-0.4, -0.2) is 33.5 Å². The second kappa shape index (κ2) is 6.73. The Bertz CT molecular complexity index is 342. The zero-order valence-corrected chi connectivity index (χ0v) is 12.9. The molecule has 0 fully saturated rings. The SMILES string of the molecule is C=C[C@H](C(C)=O)[C@H](CC(C)C)N(C(=O)O)C(C)(C)C. The third kappa shape index (κ3) is 5.05. The highest BCUT2D eigenvalue weighted by molar-refractivity contribution is 5.81. The Kier molecular flexibility index (Phi) is 6.27. The molecule has 1 N–H and O–H groups in total. The summed E-state index contributed by atoms with van der Waals surface area (Å²) in [6.45, 7) is 14.8. The maximum Gasteiger partial charge on any atom is 0.408 e. The van der Waals surface area contributed by atoms with Gasteiger partial charge in [-0.15, -0.1) is 6.58 Å². The van der Waals surface area contributed by atoms with Crippen LogP contribution in [0.25, 0.3) is 0 Å². The summed E-state index contributed by atoms with van der Waals surface area (Å²) in [5, 5.41) is 9.50. The summed E-state index contributed by atoms with van der Waals surface area (Å²) in [6, 6.07) is -0.368. The van der Waals surface area contributed by atoms with Gasteiger partial charge in [-0.1, -0.05) is 19.9 Å². The third-order valence-corrected chi connectivity index (χ3v) is 3.11. The molecule has 0 aromatic rings. The molecule has 0 aromatic carbocycles. The first kappa shape index (κ1) is 17.7. The normalized spacial score (nSPS) is 14.9. The van der Waals surface area contributed by atoms with Gasteiger partial charge in [0.15, 0.2) is 0 Å². The van der Waals surface area contributed by atoms with E-state index in [0.29, 0.717) is 12.3 Å². The van der Waals surface area contributed by atoms with Crippen LogP contribution in [0.5, 0.6) is 0 Å². The lowest BCUT2D eigenvalue weighted by atomic mass is 9.86. The minimum Gasteiger partial charge on any atom is -0.465 e. The van der Waals surface area contributed by atoms with Gasteiger partial charge in [-0.3, -0.25) is 9.69 Å².